The molecule has 0 aliphatic heterocycles. The normalized spacial score (nSPS) is 16.8. The molecule has 1 atom stereocenters. The molecule has 1 unspecified atom stereocenters. The highest BCUT2D eigenvalue weighted by molar-refractivity contribution is 5.18. The highest BCUT2D eigenvalue weighted by atomic mass is 19.1. The summed E-state index contributed by atoms with van der Waals surface area (Å²) in [7, 11) is 1.70. The first-order valence-electron chi connectivity index (χ1n) is 6.87. The lowest BCUT2D eigenvalue weighted by molar-refractivity contribution is 0.113. The van der Waals surface area contributed by atoms with Crippen LogP contribution in [0.15, 0.2) is 24.3 Å². The van der Waals surface area contributed by atoms with Gasteiger partial charge in [0.25, 0.3) is 0 Å². The maximum atomic E-state index is 13.1. The minimum Gasteiger partial charge on any atom is -0.388 e. The van der Waals surface area contributed by atoms with Gasteiger partial charge >= 0.3 is 0 Å². The van der Waals surface area contributed by atoms with Crippen LogP contribution >= 0.6 is 0 Å². The summed E-state index contributed by atoms with van der Waals surface area (Å²) in [4.78, 5) is 2.35. The lowest BCUT2D eigenvalue weighted by atomic mass is 10.1. The van der Waals surface area contributed by atoms with Crippen molar-refractivity contribution >= 4 is 0 Å². The van der Waals surface area contributed by atoms with Crippen LogP contribution < -0.4 is 0 Å². The molecule has 0 amide bonds. The van der Waals surface area contributed by atoms with Crippen molar-refractivity contribution < 1.29 is 14.2 Å². The number of aliphatic hydroxyl groups excluding tert-OH is 1. The van der Waals surface area contributed by atoms with Gasteiger partial charge < -0.3 is 9.84 Å². The molecule has 1 aliphatic carbocycles. The molecule has 0 heterocycles. The fourth-order valence-corrected chi connectivity index (χ4v) is 2.29. The van der Waals surface area contributed by atoms with Crippen molar-refractivity contribution in [1.82, 2.24) is 4.90 Å². The number of methoxy groups -OCH3 is 1. The zero-order valence-electron chi connectivity index (χ0n) is 11.4. The van der Waals surface area contributed by atoms with Gasteiger partial charge in [0.1, 0.15) is 5.82 Å². The van der Waals surface area contributed by atoms with Gasteiger partial charge in [0.05, 0.1) is 12.7 Å². The molecule has 1 N–H and O–H groups in total. The summed E-state index contributed by atoms with van der Waals surface area (Å²) < 4.78 is 18.2. The minimum atomic E-state index is -0.598. The summed E-state index contributed by atoms with van der Waals surface area (Å²) in [6.07, 6.45) is 2.50. The lowest BCUT2D eigenvalue weighted by Crippen LogP contribution is -2.31. The average Bonchev–Trinajstić information content (AvgIpc) is 3.23. The first-order valence-corrected chi connectivity index (χ1v) is 6.87. The Balaban J connectivity index is 1.82. The molecule has 1 saturated carbocycles. The van der Waals surface area contributed by atoms with Gasteiger partial charge in [-0.1, -0.05) is 12.1 Å². The number of rotatable bonds is 8. The Morgan fingerprint density at radius 1 is 1.42 bits per heavy atom. The number of hydrogen-bond donors (Lipinski definition) is 1. The number of ether oxygens (including phenoxy) is 1. The van der Waals surface area contributed by atoms with Gasteiger partial charge in [-0.25, -0.2) is 4.39 Å². The Labute approximate surface area is 114 Å². The number of hydrogen-bond acceptors (Lipinski definition) is 3. The standard InChI is InChI=1S/C15H22FNO2/c1-19-10-9-17(14-5-6-14)8-7-15(18)12-3-2-4-13(16)11-12/h2-4,11,14-15,18H,5-10H2,1H3. The molecule has 0 saturated heterocycles. The highest BCUT2D eigenvalue weighted by Gasteiger charge is 2.28. The third-order valence-corrected chi connectivity index (χ3v) is 3.57. The largest absolute Gasteiger partial charge is 0.388 e. The van der Waals surface area contributed by atoms with E-state index in [0.29, 0.717) is 24.6 Å². The van der Waals surface area contributed by atoms with Crippen molar-refractivity contribution in [3.63, 3.8) is 0 Å². The minimum absolute atomic E-state index is 0.296. The van der Waals surface area contributed by atoms with Crippen molar-refractivity contribution in [2.75, 3.05) is 26.8 Å². The fourth-order valence-electron chi connectivity index (χ4n) is 2.29. The maximum Gasteiger partial charge on any atom is 0.123 e. The van der Waals surface area contributed by atoms with Crippen LogP contribution in [0.25, 0.3) is 0 Å². The van der Waals surface area contributed by atoms with E-state index in [-0.39, 0.29) is 5.82 Å². The van der Waals surface area contributed by atoms with E-state index in [9.17, 15) is 9.50 Å². The Hall–Kier alpha value is -0.970. The van der Waals surface area contributed by atoms with Crippen molar-refractivity contribution in [2.24, 2.45) is 0 Å². The number of aliphatic hydroxyl groups is 1. The van der Waals surface area contributed by atoms with Crippen molar-refractivity contribution in [1.29, 1.82) is 0 Å². The van der Waals surface area contributed by atoms with E-state index in [1.807, 2.05) is 0 Å². The SMILES string of the molecule is COCCN(CCC(O)c1cccc(F)c1)C1CC1. The van der Waals surface area contributed by atoms with Gasteiger partial charge in [0, 0.05) is 26.2 Å². The Morgan fingerprint density at radius 3 is 2.84 bits per heavy atom. The van der Waals surface area contributed by atoms with Gasteiger partial charge in [-0.05, 0) is 37.0 Å². The molecule has 1 fully saturated rings. The predicted molar refractivity (Wildman–Crippen MR) is 72.4 cm³/mol. The fraction of sp³-hybridized carbons (Fsp3) is 0.600. The predicted octanol–water partition coefficient (Wildman–Crippen LogP) is 2.36. The molecule has 0 bridgehead atoms. The molecule has 4 heteroatoms. The zero-order valence-corrected chi connectivity index (χ0v) is 11.4. The smallest absolute Gasteiger partial charge is 0.123 e. The van der Waals surface area contributed by atoms with E-state index in [2.05, 4.69) is 4.90 Å². The van der Waals surface area contributed by atoms with E-state index in [1.54, 1.807) is 19.2 Å². The highest BCUT2D eigenvalue weighted by Crippen LogP contribution is 2.28. The molecular formula is C15H22FNO2. The van der Waals surface area contributed by atoms with E-state index < -0.39 is 6.10 Å². The van der Waals surface area contributed by atoms with Gasteiger partial charge in [0.15, 0.2) is 0 Å². The van der Waals surface area contributed by atoms with E-state index in [1.165, 1.54) is 25.0 Å². The molecule has 0 aromatic heterocycles. The van der Waals surface area contributed by atoms with Crippen LogP contribution in [0.1, 0.15) is 30.9 Å². The zero-order chi connectivity index (χ0) is 13.7. The van der Waals surface area contributed by atoms with Crippen LogP contribution in [0, 0.1) is 5.82 Å². The summed E-state index contributed by atoms with van der Waals surface area (Å²) in [5.41, 5.74) is 0.655. The van der Waals surface area contributed by atoms with Crippen LogP contribution in [0.2, 0.25) is 0 Å². The number of nitrogens with zero attached hydrogens (tertiary/aromatic N) is 1. The third-order valence-electron chi connectivity index (χ3n) is 3.57. The second-order valence-electron chi connectivity index (χ2n) is 5.12. The molecule has 1 aromatic rings. The molecule has 0 spiro atoms. The van der Waals surface area contributed by atoms with Crippen LogP contribution in [-0.4, -0.2) is 42.9 Å². The molecule has 3 nitrogen and oxygen atoms in total. The Morgan fingerprint density at radius 2 is 2.21 bits per heavy atom. The Bertz CT molecular complexity index is 395. The summed E-state index contributed by atoms with van der Waals surface area (Å²) in [6.45, 7) is 2.44. The van der Waals surface area contributed by atoms with E-state index >= 15 is 0 Å². The second kappa shape index (κ2) is 6.98. The molecular weight excluding hydrogens is 245 g/mol. The molecule has 2 rings (SSSR count). The van der Waals surface area contributed by atoms with Gasteiger partial charge in [-0.15, -0.1) is 0 Å². The molecule has 19 heavy (non-hydrogen) atoms. The third kappa shape index (κ3) is 4.56. The molecule has 0 radical (unpaired) electrons. The molecule has 1 aliphatic rings. The number of halogens is 1. The van der Waals surface area contributed by atoms with Crippen LogP contribution in [0.4, 0.5) is 4.39 Å². The summed E-state index contributed by atoms with van der Waals surface area (Å²) >= 11 is 0. The van der Waals surface area contributed by atoms with E-state index in [0.717, 1.165) is 13.1 Å². The first kappa shape index (κ1) is 14.4. The maximum absolute atomic E-state index is 13.1. The van der Waals surface area contributed by atoms with Crippen LogP contribution in [-0.2, 0) is 4.74 Å². The number of benzene rings is 1. The second-order valence-corrected chi connectivity index (χ2v) is 5.12. The van der Waals surface area contributed by atoms with Gasteiger partial charge in [0.2, 0.25) is 0 Å². The quantitative estimate of drug-likeness (QED) is 0.785. The lowest BCUT2D eigenvalue weighted by Gasteiger charge is -2.23. The first-order chi connectivity index (χ1) is 9.20. The molecule has 106 valence electrons. The van der Waals surface area contributed by atoms with Crippen molar-refractivity contribution in [3.05, 3.63) is 35.6 Å². The summed E-state index contributed by atoms with van der Waals surface area (Å²) in [5, 5.41) is 10.1. The van der Waals surface area contributed by atoms with Crippen LogP contribution in [0.3, 0.4) is 0 Å². The summed E-state index contributed by atoms with van der Waals surface area (Å²) in [6, 6.07) is 6.85. The molecule has 1 aromatic carbocycles. The topological polar surface area (TPSA) is 32.7 Å². The Kier molecular flexibility index (Phi) is 5.31. The van der Waals surface area contributed by atoms with E-state index in [4.69, 9.17) is 4.74 Å². The average molecular weight is 267 g/mol. The van der Waals surface area contributed by atoms with Gasteiger partial charge in [-0.2, -0.15) is 0 Å². The van der Waals surface area contributed by atoms with Crippen molar-refractivity contribution in [3.8, 4) is 0 Å². The van der Waals surface area contributed by atoms with Crippen LogP contribution in [0.5, 0.6) is 0 Å². The monoisotopic (exact) mass is 267 g/mol. The summed E-state index contributed by atoms with van der Waals surface area (Å²) in [5.74, 6) is -0.296. The van der Waals surface area contributed by atoms with Gasteiger partial charge in [-0.3, -0.25) is 4.90 Å². The van der Waals surface area contributed by atoms with Crippen molar-refractivity contribution in [2.45, 2.75) is 31.4 Å².